The summed E-state index contributed by atoms with van der Waals surface area (Å²) in [6, 6.07) is 11.7. The minimum absolute atomic E-state index is 0. The molecule has 2 rings (SSSR count). The third-order valence-corrected chi connectivity index (χ3v) is 3.17. The van der Waals surface area contributed by atoms with E-state index < -0.39 is 16.2 Å². The monoisotopic (exact) mass is 301 g/mol. The predicted molar refractivity (Wildman–Crippen MR) is 78.1 cm³/mol. The molecule has 0 aliphatic rings. The third-order valence-electron chi connectivity index (χ3n) is 2.49. The molecule has 0 aliphatic carbocycles. The lowest BCUT2D eigenvalue weighted by Gasteiger charge is -2.10. The van der Waals surface area contributed by atoms with Crippen molar-refractivity contribution in [3.8, 4) is 0 Å². The van der Waals surface area contributed by atoms with E-state index in [1.54, 1.807) is 6.92 Å². The first-order valence-electron chi connectivity index (χ1n) is 5.67. The van der Waals surface area contributed by atoms with Crippen molar-refractivity contribution in [2.75, 3.05) is 6.26 Å². The van der Waals surface area contributed by atoms with E-state index in [0.717, 1.165) is 22.9 Å². The summed E-state index contributed by atoms with van der Waals surface area (Å²) in [7, 11) is -3.41. The van der Waals surface area contributed by atoms with Crippen molar-refractivity contribution in [3.63, 3.8) is 0 Å². The second-order valence-corrected chi connectivity index (χ2v) is 5.91. The Morgan fingerprint density at radius 1 is 1.21 bits per heavy atom. The van der Waals surface area contributed by atoms with E-state index in [9.17, 15) is 8.42 Å². The summed E-state index contributed by atoms with van der Waals surface area (Å²) in [6.07, 6.45) is 1.11. The van der Waals surface area contributed by atoms with Crippen molar-refractivity contribution < 1.29 is 12.6 Å². The Labute approximate surface area is 119 Å². The standard InChI is InChI=1S/C13H15NO3S.ClH/c1-10(17-18(2,15)16)9-12-8-7-11-5-3-4-6-13(11)14-12;/h3-8,10H,9H2,1-2H3;1H. The smallest absolute Gasteiger partial charge is 0.264 e. The first-order valence-corrected chi connectivity index (χ1v) is 7.48. The molecular formula is C13H16ClNO3S. The summed E-state index contributed by atoms with van der Waals surface area (Å²) >= 11 is 0. The van der Waals surface area contributed by atoms with E-state index in [2.05, 4.69) is 4.98 Å². The molecule has 19 heavy (non-hydrogen) atoms. The second kappa shape index (κ2) is 6.32. The largest absolute Gasteiger partial charge is 0.267 e. The van der Waals surface area contributed by atoms with Crippen LogP contribution >= 0.6 is 12.4 Å². The molecule has 1 heterocycles. The fraction of sp³-hybridized carbons (Fsp3) is 0.308. The Kier molecular flexibility index (Phi) is 5.29. The molecule has 1 unspecified atom stereocenters. The van der Waals surface area contributed by atoms with Gasteiger partial charge in [0.15, 0.2) is 0 Å². The minimum atomic E-state index is -3.41. The predicted octanol–water partition coefficient (Wildman–Crippen LogP) is 2.56. The molecule has 0 saturated carbocycles. The number of nitrogens with zero attached hydrogens (tertiary/aromatic N) is 1. The molecule has 0 saturated heterocycles. The summed E-state index contributed by atoms with van der Waals surface area (Å²) in [6.45, 7) is 1.72. The van der Waals surface area contributed by atoms with Gasteiger partial charge in [-0.15, -0.1) is 12.4 Å². The molecule has 0 radical (unpaired) electrons. The van der Waals surface area contributed by atoms with Gasteiger partial charge < -0.3 is 0 Å². The Hall–Kier alpha value is -1.17. The molecule has 0 bridgehead atoms. The van der Waals surface area contributed by atoms with Gasteiger partial charge >= 0.3 is 0 Å². The van der Waals surface area contributed by atoms with Gasteiger partial charge in [0.05, 0.1) is 17.9 Å². The fourth-order valence-corrected chi connectivity index (χ4v) is 2.51. The van der Waals surface area contributed by atoms with Crippen LogP contribution in [0.25, 0.3) is 10.9 Å². The number of aromatic nitrogens is 1. The maximum atomic E-state index is 11.0. The van der Waals surface area contributed by atoms with Crippen molar-refractivity contribution in [1.29, 1.82) is 0 Å². The van der Waals surface area contributed by atoms with Crippen LogP contribution in [0, 0.1) is 0 Å². The van der Waals surface area contributed by atoms with Crippen LogP contribution in [0.2, 0.25) is 0 Å². The molecule has 1 aromatic carbocycles. The molecule has 4 nitrogen and oxygen atoms in total. The number of pyridine rings is 1. The lowest BCUT2D eigenvalue weighted by molar-refractivity contribution is 0.230. The maximum absolute atomic E-state index is 11.0. The number of benzene rings is 1. The van der Waals surface area contributed by atoms with Gasteiger partial charge in [0, 0.05) is 17.5 Å². The summed E-state index contributed by atoms with van der Waals surface area (Å²) in [5.74, 6) is 0. The Balaban J connectivity index is 0.00000180. The highest BCUT2D eigenvalue weighted by molar-refractivity contribution is 7.86. The summed E-state index contributed by atoms with van der Waals surface area (Å²) in [4.78, 5) is 4.47. The van der Waals surface area contributed by atoms with Crippen molar-refractivity contribution >= 4 is 33.4 Å². The Morgan fingerprint density at radius 3 is 2.58 bits per heavy atom. The van der Waals surface area contributed by atoms with Gasteiger partial charge in [-0.2, -0.15) is 8.42 Å². The normalized spacial score (nSPS) is 12.9. The minimum Gasteiger partial charge on any atom is -0.267 e. The molecule has 0 aliphatic heterocycles. The van der Waals surface area contributed by atoms with E-state index in [1.807, 2.05) is 36.4 Å². The molecule has 104 valence electrons. The van der Waals surface area contributed by atoms with Gasteiger partial charge in [-0.05, 0) is 19.1 Å². The highest BCUT2D eigenvalue weighted by Gasteiger charge is 2.11. The molecule has 1 aromatic heterocycles. The van der Waals surface area contributed by atoms with Crippen LogP contribution in [0.5, 0.6) is 0 Å². The van der Waals surface area contributed by atoms with Crippen molar-refractivity contribution in [1.82, 2.24) is 4.98 Å². The highest BCUT2D eigenvalue weighted by Crippen LogP contribution is 2.13. The van der Waals surface area contributed by atoms with Gasteiger partial charge in [0.1, 0.15) is 0 Å². The lowest BCUT2D eigenvalue weighted by Crippen LogP contribution is -2.17. The Bertz CT molecular complexity index is 658. The highest BCUT2D eigenvalue weighted by atomic mass is 35.5. The number of fused-ring (bicyclic) bond motifs is 1. The summed E-state index contributed by atoms with van der Waals surface area (Å²) < 4.78 is 26.9. The van der Waals surface area contributed by atoms with E-state index in [-0.39, 0.29) is 12.4 Å². The van der Waals surface area contributed by atoms with Crippen LogP contribution in [-0.2, 0) is 20.7 Å². The van der Waals surface area contributed by atoms with Crippen LogP contribution in [0.15, 0.2) is 36.4 Å². The number of para-hydroxylation sites is 1. The number of halogens is 1. The zero-order chi connectivity index (χ0) is 13.2. The number of hydrogen-bond donors (Lipinski definition) is 0. The average molecular weight is 302 g/mol. The van der Waals surface area contributed by atoms with Crippen LogP contribution < -0.4 is 0 Å². The summed E-state index contributed by atoms with van der Waals surface area (Å²) in [5, 5.41) is 1.07. The van der Waals surface area contributed by atoms with Crippen LogP contribution in [-0.4, -0.2) is 25.8 Å². The zero-order valence-corrected chi connectivity index (χ0v) is 12.4. The van der Waals surface area contributed by atoms with E-state index >= 15 is 0 Å². The van der Waals surface area contributed by atoms with E-state index in [0.29, 0.717) is 6.42 Å². The first kappa shape index (κ1) is 15.9. The van der Waals surface area contributed by atoms with Gasteiger partial charge in [-0.3, -0.25) is 9.17 Å². The van der Waals surface area contributed by atoms with Gasteiger partial charge in [0.2, 0.25) is 0 Å². The zero-order valence-electron chi connectivity index (χ0n) is 10.7. The van der Waals surface area contributed by atoms with Crippen molar-refractivity contribution in [2.24, 2.45) is 0 Å². The van der Waals surface area contributed by atoms with Gasteiger partial charge in [-0.1, -0.05) is 24.3 Å². The van der Waals surface area contributed by atoms with Crippen LogP contribution in [0.1, 0.15) is 12.6 Å². The lowest BCUT2D eigenvalue weighted by atomic mass is 10.1. The SMILES string of the molecule is CC(Cc1ccc2ccccc2n1)OS(C)(=O)=O.Cl. The molecule has 0 N–H and O–H groups in total. The topological polar surface area (TPSA) is 56.3 Å². The van der Waals surface area contributed by atoms with Crippen LogP contribution in [0.3, 0.4) is 0 Å². The second-order valence-electron chi connectivity index (χ2n) is 4.31. The number of hydrogen-bond acceptors (Lipinski definition) is 4. The Morgan fingerprint density at radius 2 is 1.89 bits per heavy atom. The van der Waals surface area contributed by atoms with Gasteiger partial charge in [-0.25, -0.2) is 0 Å². The van der Waals surface area contributed by atoms with Gasteiger partial charge in [0.25, 0.3) is 10.1 Å². The quantitative estimate of drug-likeness (QED) is 0.814. The average Bonchev–Trinajstić information content (AvgIpc) is 2.26. The van der Waals surface area contributed by atoms with Crippen molar-refractivity contribution in [3.05, 3.63) is 42.1 Å². The fourth-order valence-electron chi connectivity index (χ4n) is 1.85. The number of rotatable bonds is 4. The van der Waals surface area contributed by atoms with Crippen LogP contribution in [0.4, 0.5) is 0 Å². The molecule has 1 atom stereocenters. The van der Waals surface area contributed by atoms with E-state index in [4.69, 9.17) is 4.18 Å². The molecule has 0 fully saturated rings. The summed E-state index contributed by atoms with van der Waals surface area (Å²) in [5.41, 5.74) is 1.73. The van der Waals surface area contributed by atoms with E-state index in [1.165, 1.54) is 0 Å². The molecule has 0 spiro atoms. The van der Waals surface area contributed by atoms with Crippen molar-refractivity contribution in [2.45, 2.75) is 19.4 Å². The molecule has 6 heteroatoms. The first-order chi connectivity index (χ1) is 8.44. The molecule has 0 amide bonds. The molecule has 2 aromatic rings. The molecular weight excluding hydrogens is 286 g/mol. The third kappa shape index (κ3) is 4.78. The maximum Gasteiger partial charge on any atom is 0.264 e.